The molecule has 0 saturated carbocycles. The lowest BCUT2D eigenvalue weighted by molar-refractivity contribution is 0.335. The predicted molar refractivity (Wildman–Crippen MR) is 107 cm³/mol. The van der Waals surface area contributed by atoms with Gasteiger partial charge in [0.05, 0.1) is 11.5 Å². The highest BCUT2D eigenvalue weighted by Gasteiger charge is 2.23. The Morgan fingerprint density at radius 3 is 2.78 bits per heavy atom. The van der Waals surface area contributed by atoms with Gasteiger partial charge >= 0.3 is 0 Å². The lowest BCUT2D eigenvalue weighted by Gasteiger charge is -2.15. The van der Waals surface area contributed by atoms with Crippen molar-refractivity contribution in [1.82, 2.24) is 4.90 Å². The van der Waals surface area contributed by atoms with E-state index in [2.05, 4.69) is 28.7 Å². The Morgan fingerprint density at radius 1 is 1.19 bits per heavy atom. The molecule has 0 unspecified atom stereocenters. The molecule has 4 rings (SSSR count). The van der Waals surface area contributed by atoms with Crippen LogP contribution in [0.15, 0.2) is 47.4 Å². The van der Waals surface area contributed by atoms with Gasteiger partial charge in [0, 0.05) is 18.7 Å². The Morgan fingerprint density at radius 2 is 2.00 bits per heavy atom. The van der Waals surface area contributed by atoms with Crippen molar-refractivity contribution in [1.29, 1.82) is 0 Å². The molecule has 0 radical (unpaired) electrons. The highest BCUT2D eigenvalue weighted by molar-refractivity contribution is 7.92. The fourth-order valence-electron chi connectivity index (χ4n) is 3.99. The highest BCUT2D eigenvalue weighted by Crippen LogP contribution is 2.30. The first-order valence-electron chi connectivity index (χ1n) is 9.66. The van der Waals surface area contributed by atoms with E-state index in [1.807, 2.05) is 12.1 Å². The quantitative estimate of drug-likeness (QED) is 0.824. The number of sulfonamides is 1. The van der Waals surface area contributed by atoms with Crippen molar-refractivity contribution in [2.75, 3.05) is 31.0 Å². The van der Waals surface area contributed by atoms with Crippen LogP contribution in [0.3, 0.4) is 0 Å². The van der Waals surface area contributed by atoms with Gasteiger partial charge < -0.3 is 9.64 Å². The zero-order valence-corrected chi connectivity index (χ0v) is 16.5. The zero-order chi connectivity index (χ0) is 18.9. The van der Waals surface area contributed by atoms with Crippen LogP contribution >= 0.6 is 0 Å². The average molecular weight is 387 g/mol. The average Bonchev–Trinajstić information content (AvgIpc) is 3.31. The van der Waals surface area contributed by atoms with Crippen LogP contribution in [-0.4, -0.2) is 39.6 Å². The van der Waals surface area contributed by atoms with Crippen molar-refractivity contribution in [2.45, 2.75) is 37.0 Å². The van der Waals surface area contributed by atoms with Crippen molar-refractivity contribution < 1.29 is 13.2 Å². The molecule has 0 aromatic heterocycles. The standard InChI is InChI=1S/C21H26N2O3S/c1-2-11-23-12-9-18(15-23)16-3-5-19(6-4-16)22-27(24,25)20-7-8-21-17(14-20)10-13-26-21/h3-8,14,18,22H,2,9-13,15H2,1H3/t18-/m1/s1. The molecular formula is C21H26N2O3S. The van der Waals surface area contributed by atoms with E-state index >= 15 is 0 Å². The van der Waals surface area contributed by atoms with Crippen LogP contribution in [0.4, 0.5) is 5.69 Å². The Hall–Kier alpha value is -2.05. The second-order valence-corrected chi connectivity index (χ2v) is 9.06. The topological polar surface area (TPSA) is 58.6 Å². The zero-order valence-electron chi connectivity index (χ0n) is 15.6. The van der Waals surface area contributed by atoms with E-state index in [-0.39, 0.29) is 4.90 Å². The van der Waals surface area contributed by atoms with Crippen LogP contribution in [-0.2, 0) is 16.4 Å². The number of nitrogens with one attached hydrogen (secondary N) is 1. The van der Waals surface area contributed by atoms with Gasteiger partial charge in [-0.25, -0.2) is 8.42 Å². The van der Waals surface area contributed by atoms with Crippen LogP contribution in [0.1, 0.15) is 36.8 Å². The molecule has 1 atom stereocenters. The Balaban J connectivity index is 1.45. The molecule has 27 heavy (non-hydrogen) atoms. The first-order chi connectivity index (χ1) is 13.0. The number of likely N-dealkylation sites (tertiary alicyclic amines) is 1. The Kier molecular flexibility index (Phi) is 5.10. The van der Waals surface area contributed by atoms with E-state index in [0.717, 1.165) is 37.4 Å². The summed E-state index contributed by atoms with van der Waals surface area (Å²) in [4.78, 5) is 2.78. The summed E-state index contributed by atoms with van der Waals surface area (Å²) in [6.07, 6.45) is 3.11. The summed E-state index contributed by atoms with van der Waals surface area (Å²) in [6.45, 7) is 6.22. The third kappa shape index (κ3) is 3.96. The Labute approximate surface area is 161 Å². The molecule has 5 nitrogen and oxygen atoms in total. The molecule has 0 spiro atoms. The second-order valence-electron chi connectivity index (χ2n) is 7.38. The van der Waals surface area contributed by atoms with Gasteiger partial charge in [0.25, 0.3) is 10.0 Å². The van der Waals surface area contributed by atoms with E-state index in [0.29, 0.717) is 18.2 Å². The van der Waals surface area contributed by atoms with Crippen molar-refractivity contribution >= 4 is 15.7 Å². The SMILES string of the molecule is CCCN1CC[C@@H](c2ccc(NS(=O)(=O)c3ccc4c(c3)CCO4)cc2)C1. The monoisotopic (exact) mass is 386 g/mol. The number of benzene rings is 2. The number of anilines is 1. The highest BCUT2D eigenvalue weighted by atomic mass is 32.2. The molecule has 0 bridgehead atoms. The number of hydrogen-bond donors (Lipinski definition) is 1. The van der Waals surface area contributed by atoms with E-state index < -0.39 is 10.0 Å². The van der Waals surface area contributed by atoms with Crippen LogP contribution in [0.5, 0.6) is 5.75 Å². The summed E-state index contributed by atoms with van der Waals surface area (Å²) in [5, 5.41) is 0. The largest absolute Gasteiger partial charge is 0.493 e. The maximum atomic E-state index is 12.7. The summed E-state index contributed by atoms with van der Waals surface area (Å²) in [6, 6.07) is 12.9. The molecule has 2 heterocycles. The molecule has 0 amide bonds. The first kappa shape index (κ1) is 18.3. The summed E-state index contributed by atoms with van der Waals surface area (Å²) in [5.41, 5.74) is 2.83. The van der Waals surface area contributed by atoms with E-state index in [4.69, 9.17) is 4.74 Å². The molecule has 2 aromatic rings. The smallest absolute Gasteiger partial charge is 0.261 e. The van der Waals surface area contributed by atoms with Gasteiger partial charge in [0.15, 0.2) is 0 Å². The number of ether oxygens (including phenoxy) is 1. The third-order valence-electron chi connectivity index (χ3n) is 5.42. The number of nitrogens with zero attached hydrogens (tertiary/aromatic N) is 1. The fraction of sp³-hybridized carbons (Fsp3) is 0.429. The van der Waals surface area contributed by atoms with Gasteiger partial charge in [-0.1, -0.05) is 19.1 Å². The number of rotatable bonds is 6. The minimum Gasteiger partial charge on any atom is -0.493 e. The lowest BCUT2D eigenvalue weighted by atomic mass is 9.98. The normalized spacial score (nSPS) is 19.7. The molecule has 2 aromatic carbocycles. The maximum Gasteiger partial charge on any atom is 0.261 e. The van der Waals surface area contributed by atoms with Gasteiger partial charge in [-0.15, -0.1) is 0 Å². The molecular weight excluding hydrogens is 360 g/mol. The van der Waals surface area contributed by atoms with Gasteiger partial charge in [-0.05, 0) is 73.3 Å². The molecule has 1 N–H and O–H groups in total. The summed E-state index contributed by atoms with van der Waals surface area (Å²) >= 11 is 0. The van der Waals surface area contributed by atoms with E-state index in [9.17, 15) is 8.42 Å². The van der Waals surface area contributed by atoms with E-state index in [1.165, 1.54) is 18.4 Å². The minimum absolute atomic E-state index is 0.279. The fourth-order valence-corrected chi connectivity index (χ4v) is 5.10. The second kappa shape index (κ2) is 7.52. The van der Waals surface area contributed by atoms with E-state index in [1.54, 1.807) is 18.2 Å². The summed E-state index contributed by atoms with van der Waals surface area (Å²) in [5.74, 6) is 1.32. The molecule has 1 saturated heterocycles. The first-order valence-corrected chi connectivity index (χ1v) is 11.1. The lowest BCUT2D eigenvalue weighted by Crippen LogP contribution is -2.20. The van der Waals surface area contributed by atoms with Crippen LogP contribution < -0.4 is 9.46 Å². The minimum atomic E-state index is -3.60. The summed E-state index contributed by atoms with van der Waals surface area (Å²) < 4.78 is 33.5. The Bertz CT molecular complexity index is 910. The van der Waals surface area contributed by atoms with Crippen LogP contribution in [0, 0.1) is 0 Å². The van der Waals surface area contributed by atoms with Crippen molar-refractivity contribution in [2.24, 2.45) is 0 Å². The number of hydrogen-bond acceptors (Lipinski definition) is 4. The van der Waals surface area contributed by atoms with Crippen molar-refractivity contribution in [3.05, 3.63) is 53.6 Å². The van der Waals surface area contributed by atoms with Crippen molar-refractivity contribution in [3.63, 3.8) is 0 Å². The molecule has 0 aliphatic carbocycles. The van der Waals surface area contributed by atoms with Gasteiger partial charge in [-0.3, -0.25) is 4.72 Å². The molecule has 2 aliphatic rings. The third-order valence-corrected chi connectivity index (χ3v) is 6.80. The summed E-state index contributed by atoms with van der Waals surface area (Å²) in [7, 11) is -3.60. The van der Waals surface area contributed by atoms with Crippen LogP contribution in [0.25, 0.3) is 0 Å². The van der Waals surface area contributed by atoms with Crippen LogP contribution in [0.2, 0.25) is 0 Å². The maximum absolute atomic E-state index is 12.7. The number of fused-ring (bicyclic) bond motifs is 1. The molecule has 2 aliphatic heterocycles. The van der Waals surface area contributed by atoms with Gasteiger partial charge in [0.1, 0.15) is 5.75 Å². The molecule has 6 heteroatoms. The predicted octanol–water partition coefficient (Wildman–Crippen LogP) is 3.62. The van der Waals surface area contributed by atoms with Crippen molar-refractivity contribution in [3.8, 4) is 5.75 Å². The molecule has 1 fully saturated rings. The van der Waals surface area contributed by atoms with Gasteiger partial charge in [0.2, 0.25) is 0 Å². The molecule has 144 valence electrons. The van der Waals surface area contributed by atoms with Gasteiger partial charge in [-0.2, -0.15) is 0 Å².